The monoisotopic (exact) mass is 308 g/mol. The maximum Gasteiger partial charge on any atom is 0.241 e. The Balaban J connectivity index is 2.19. The second kappa shape index (κ2) is 6.71. The SMILES string of the molecule is Cc1ccc(C2NC(C)C(=O)N2CCCS(C)=O)c(C)c1. The Morgan fingerprint density at radius 2 is 2.05 bits per heavy atom. The quantitative estimate of drug-likeness (QED) is 0.904. The summed E-state index contributed by atoms with van der Waals surface area (Å²) in [7, 11) is -0.807. The molecule has 21 heavy (non-hydrogen) atoms. The van der Waals surface area contributed by atoms with E-state index in [-0.39, 0.29) is 18.1 Å². The van der Waals surface area contributed by atoms with Gasteiger partial charge >= 0.3 is 0 Å². The summed E-state index contributed by atoms with van der Waals surface area (Å²) >= 11 is 0. The first-order valence-electron chi connectivity index (χ1n) is 7.34. The fraction of sp³-hybridized carbons (Fsp3) is 0.562. The fourth-order valence-corrected chi connectivity index (χ4v) is 3.38. The number of aryl methyl sites for hydroxylation is 2. The summed E-state index contributed by atoms with van der Waals surface area (Å²) in [5, 5.41) is 3.37. The zero-order chi connectivity index (χ0) is 15.6. The third-order valence-electron chi connectivity index (χ3n) is 3.92. The van der Waals surface area contributed by atoms with Crippen LogP contribution >= 0.6 is 0 Å². The van der Waals surface area contributed by atoms with Crippen LogP contribution in [0.3, 0.4) is 0 Å². The van der Waals surface area contributed by atoms with E-state index < -0.39 is 10.8 Å². The molecule has 1 aliphatic rings. The number of nitrogens with one attached hydrogen (secondary N) is 1. The van der Waals surface area contributed by atoms with E-state index in [4.69, 9.17) is 0 Å². The smallest absolute Gasteiger partial charge is 0.241 e. The van der Waals surface area contributed by atoms with E-state index in [1.54, 1.807) is 6.26 Å². The van der Waals surface area contributed by atoms with Gasteiger partial charge in [0.2, 0.25) is 5.91 Å². The number of hydrogen-bond donors (Lipinski definition) is 1. The van der Waals surface area contributed by atoms with Crippen LogP contribution in [0.25, 0.3) is 0 Å². The second-order valence-electron chi connectivity index (χ2n) is 5.81. The normalized spacial score (nSPS) is 23.6. The lowest BCUT2D eigenvalue weighted by molar-refractivity contribution is -0.129. The Labute approximate surface area is 129 Å². The zero-order valence-electron chi connectivity index (χ0n) is 13.2. The minimum absolute atomic E-state index is 0.0709. The molecule has 3 unspecified atom stereocenters. The Morgan fingerprint density at radius 3 is 2.67 bits per heavy atom. The van der Waals surface area contributed by atoms with E-state index in [0.717, 1.165) is 12.0 Å². The highest BCUT2D eigenvalue weighted by Crippen LogP contribution is 2.28. The first-order chi connectivity index (χ1) is 9.90. The number of hydrogen-bond acceptors (Lipinski definition) is 3. The molecule has 1 N–H and O–H groups in total. The third kappa shape index (κ3) is 3.71. The van der Waals surface area contributed by atoms with Crippen molar-refractivity contribution in [1.29, 1.82) is 0 Å². The van der Waals surface area contributed by atoms with Gasteiger partial charge in [0.1, 0.15) is 6.17 Å². The van der Waals surface area contributed by atoms with Gasteiger partial charge in [0.05, 0.1) is 6.04 Å². The van der Waals surface area contributed by atoms with E-state index in [0.29, 0.717) is 12.3 Å². The average molecular weight is 308 g/mol. The largest absolute Gasteiger partial charge is 0.322 e. The summed E-state index contributed by atoms with van der Waals surface area (Å²) in [6.07, 6.45) is 2.40. The fourth-order valence-electron chi connectivity index (χ4n) is 2.84. The van der Waals surface area contributed by atoms with E-state index in [9.17, 15) is 9.00 Å². The highest BCUT2D eigenvalue weighted by Gasteiger charge is 2.37. The Hall–Kier alpha value is -1.20. The standard InChI is InChI=1S/C16H24N2O2S/c1-11-6-7-14(12(2)10-11)15-17-13(3)16(19)18(15)8-5-9-21(4)20/h6-7,10,13,15,17H,5,8-9H2,1-4H3. The van der Waals surface area contributed by atoms with Crippen LogP contribution in [-0.4, -0.2) is 39.6 Å². The maximum absolute atomic E-state index is 12.3. The summed E-state index contributed by atoms with van der Waals surface area (Å²) in [5.41, 5.74) is 3.57. The van der Waals surface area contributed by atoms with Crippen LogP contribution in [0.15, 0.2) is 18.2 Å². The predicted molar refractivity (Wildman–Crippen MR) is 86.5 cm³/mol. The number of carbonyl (C=O) groups is 1. The molecule has 3 atom stereocenters. The van der Waals surface area contributed by atoms with Gasteiger partial charge in [-0.1, -0.05) is 23.8 Å². The molecule has 1 heterocycles. The van der Waals surface area contributed by atoms with E-state index in [2.05, 4.69) is 37.4 Å². The molecule has 4 nitrogen and oxygen atoms in total. The van der Waals surface area contributed by atoms with Gasteiger partial charge in [0, 0.05) is 29.4 Å². The molecule has 1 aromatic carbocycles. The minimum Gasteiger partial charge on any atom is -0.322 e. The second-order valence-corrected chi connectivity index (χ2v) is 7.37. The predicted octanol–water partition coefficient (Wildman–Crippen LogP) is 1.89. The van der Waals surface area contributed by atoms with E-state index >= 15 is 0 Å². The number of amides is 1. The summed E-state index contributed by atoms with van der Waals surface area (Å²) < 4.78 is 11.2. The number of carbonyl (C=O) groups excluding carboxylic acids is 1. The van der Waals surface area contributed by atoms with Crippen molar-refractivity contribution in [3.05, 3.63) is 34.9 Å². The van der Waals surface area contributed by atoms with Crippen molar-refractivity contribution >= 4 is 16.7 Å². The molecule has 1 aliphatic heterocycles. The topological polar surface area (TPSA) is 49.4 Å². The van der Waals surface area contributed by atoms with Gasteiger partial charge in [-0.05, 0) is 38.3 Å². The molecular weight excluding hydrogens is 284 g/mol. The average Bonchev–Trinajstić information content (AvgIpc) is 2.66. The molecule has 0 saturated carbocycles. The van der Waals surface area contributed by atoms with Gasteiger partial charge in [-0.25, -0.2) is 0 Å². The molecule has 1 saturated heterocycles. The van der Waals surface area contributed by atoms with Crippen molar-refractivity contribution < 1.29 is 9.00 Å². The third-order valence-corrected chi connectivity index (χ3v) is 4.79. The summed E-state index contributed by atoms with van der Waals surface area (Å²) in [5.74, 6) is 0.763. The Bertz CT molecular complexity index is 559. The number of benzene rings is 1. The lowest BCUT2D eigenvalue weighted by atomic mass is 10.0. The van der Waals surface area contributed by atoms with Crippen LogP contribution in [0.1, 0.15) is 36.2 Å². The summed E-state index contributed by atoms with van der Waals surface area (Å²) in [4.78, 5) is 14.2. The van der Waals surface area contributed by atoms with E-state index in [1.807, 2.05) is 11.8 Å². The molecule has 0 spiro atoms. The lowest BCUT2D eigenvalue weighted by Gasteiger charge is -2.26. The van der Waals surface area contributed by atoms with Crippen LogP contribution in [0.4, 0.5) is 0 Å². The van der Waals surface area contributed by atoms with Crippen molar-refractivity contribution in [1.82, 2.24) is 10.2 Å². The lowest BCUT2D eigenvalue weighted by Crippen LogP contribution is -2.32. The molecule has 1 fully saturated rings. The Morgan fingerprint density at radius 1 is 1.33 bits per heavy atom. The van der Waals surface area contributed by atoms with E-state index in [1.165, 1.54) is 11.1 Å². The molecule has 0 radical (unpaired) electrons. The van der Waals surface area contributed by atoms with Gasteiger partial charge in [0.25, 0.3) is 0 Å². The molecule has 0 aliphatic carbocycles. The highest BCUT2D eigenvalue weighted by atomic mass is 32.2. The number of nitrogens with zero attached hydrogens (tertiary/aromatic N) is 1. The molecule has 116 valence electrons. The molecule has 0 aromatic heterocycles. The molecular formula is C16H24N2O2S. The van der Waals surface area contributed by atoms with Gasteiger partial charge in [0.15, 0.2) is 0 Å². The first kappa shape index (κ1) is 16.2. The van der Waals surface area contributed by atoms with Crippen molar-refractivity contribution in [2.75, 3.05) is 18.6 Å². The molecule has 2 rings (SSSR count). The van der Waals surface area contributed by atoms with Crippen LogP contribution in [-0.2, 0) is 15.6 Å². The van der Waals surface area contributed by atoms with Gasteiger partial charge in [-0.15, -0.1) is 0 Å². The molecule has 1 amide bonds. The summed E-state index contributed by atoms with van der Waals surface area (Å²) in [6.45, 7) is 6.70. The van der Waals surface area contributed by atoms with Gasteiger partial charge < -0.3 is 4.90 Å². The molecule has 0 bridgehead atoms. The van der Waals surface area contributed by atoms with Crippen molar-refractivity contribution in [2.45, 2.75) is 39.4 Å². The van der Waals surface area contributed by atoms with Crippen molar-refractivity contribution in [3.8, 4) is 0 Å². The molecule has 1 aromatic rings. The van der Waals surface area contributed by atoms with Crippen LogP contribution in [0.2, 0.25) is 0 Å². The first-order valence-corrected chi connectivity index (χ1v) is 9.06. The number of rotatable bonds is 5. The van der Waals surface area contributed by atoms with Crippen molar-refractivity contribution in [2.24, 2.45) is 0 Å². The Kier molecular flexibility index (Phi) is 5.17. The highest BCUT2D eigenvalue weighted by molar-refractivity contribution is 7.84. The van der Waals surface area contributed by atoms with Crippen LogP contribution in [0.5, 0.6) is 0 Å². The van der Waals surface area contributed by atoms with Crippen molar-refractivity contribution in [3.63, 3.8) is 0 Å². The van der Waals surface area contributed by atoms with Crippen LogP contribution in [0, 0.1) is 13.8 Å². The van der Waals surface area contributed by atoms with Gasteiger partial charge in [-0.2, -0.15) is 0 Å². The maximum atomic E-state index is 12.3. The van der Waals surface area contributed by atoms with Crippen LogP contribution < -0.4 is 5.32 Å². The minimum atomic E-state index is -0.807. The molecule has 5 heteroatoms. The zero-order valence-corrected chi connectivity index (χ0v) is 14.0. The van der Waals surface area contributed by atoms with Gasteiger partial charge in [-0.3, -0.25) is 14.3 Å². The summed E-state index contributed by atoms with van der Waals surface area (Å²) in [6, 6.07) is 6.15.